The molecule has 8 N–H and O–H groups in total. The molecule has 0 atom stereocenters. The van der Waals surface area contributed by atoms with Crippen LogP contribution in [-0.4, -0.2) is 88.6 Å². The third kappa shape index (κ3) is 10.8. The third-order valence-corrected chi connectivity index (χ3v) is 3.57. The molecule has 3 rings (SSSR count). The largest absolute Gasteiger partial charge is 0.726 e. The van der Waals surface area contributed by atoms with Crippen LogP contribution in [0.1, 0.15) is 0 Å². The fourth-order valence-corrected chi connectivity index (χ4v) is 2.22. The zero-order valence-electron chi connectivity index (χ0n) is 17.8. The van der Waals surface area contributed by atoms with Gasteiger partial charge in [-0.1, -0.05) is 5.10 Å². The summed E-state index contributed by atoms with van der Waals surface area (Å²) >= 11 is 0. The maximum Gasteiger partial charge on any atom is 0.321 e. The highest BCUT2D eigenvalue weighted by Gasteiger charge is 2.21. The van der Waals surface area contributed by atoms with Crippen molar-refractivity contribution < 1.29 is 32.1 Å². The number of carbonyl (C=O) groups excluding carboxylic acids is 1. The smallest absolute Gasteiger partial charge is 0.321 e. The summed E-state index contributed by atoms with van der Waals surface area (Å²) in [6.07, 6.45) is 4.96. The van der Waals surface area contributed by atoms with Gasteiger partial charge in [-0.3, -0.25) is 15.4 Å². The van der Waals surface area contributed by atoms with Crippen molar-refractivity contribution in [3.05, 3.63) is 36.7 Å². The first-order valence-corrected chi connectivity index (χ1v) is 10.4. The molecule has 33 heavy (non-hydrogen) atoms. The molecule has 0 spiro atoms. The number of amidine groups is 1. The molecule has 1 aliphatic heterocycles. The van der Waals surface area contributed by atoms with Crippen LogP contribution in [0.2, 0.25) is 0 Å². The van der Waals surface area contributed by atoms with Crippen LogP contribution in [0.3, 0.4) is 0 Å². The van der Waals surface area contributed by atoms with Crippen molar-refractivity contribution in [2.24, 2.45) is 21.6 Å². The second kappa shape index (κ2) is 12.9. The lowest BCUT2D eigenvalue weighted by atomic mass is 10.2. The summed E-state index contributed by atoms with van der Waals surface area (Å²) in [5, 5.41) is 21.8. The van der Waals surface area contributed by atoms with E-state index >= 15 is 0 Å². The Bertz CT molecular complexity index is 1090. The molecule has 2 amide bonds. The number of H-pyrrole nitrogens is 1. The molecule has 0 saturated heterocycles. The topological polar surface area (TPSA) is 238 Å². The second-order valence-electron chi connectivity index (χ2n) is 6.25. The van der Waals surface area contributed by atoms with Crippen molar-refractivity contribution >= 4 is 51.3 Å². The van der Waals surface area contributed by atoms with Gasteiger partial charge < -0.3 is 25.6 Å². The minimum Gasteiger partial charge on any atom is -0.726 e. The van der Waals surface area contributed by atoms with Gasteiger partial charge in [-0.2, -0.15) is 5.10 Å². The number of aliphatic imine (C=N–C) groups is 1. The molecule has 1 aliphatic rings. The van der Waals surface area contributed by atoms with Crippen LogP contribution in [0.4, 0.5) is 21.9 Å². The molecule has 0 fully saturated rings. The monoisotopic (exact) mass is 483 g/mol. The van der Waals surface area contributed by atoms with E-state index in [0.717, 1.165) is 5.69 Å². The molecule has 0 saturated carbocycles. The highest BCUT2D eigenvalue weighted by molar-refractivity contribution is 7.79. The molecule has 2 heterocycles. The number of β-amino-alcohol motifs (C(OH)–C–C–N with tert-alkyl or cyclic N) is 1. The van der Waals surface area contributed by atoms with Crippen molar-refractivity contribution in [3.63, 3.8) is 0 Å². The number of aliphatic hydroxyl groups is 1. The number of aliphatic hydroxyl groups excluding tert-OH is 1. The lowest BCUT2D eigenvalue weighted by Crippen LogP contribution is -2.30. The molecule has 0 bridgehead atoms. The normalized spacial score (nSPS) is 13.7. The number of urea groups is 1. The highest BCUT2D eigenvalue weighted by Crippen LogP contribution is 2.29. The number of amides is 2. The van der Waals surface area contributed by atoms with E-state index in [4.69, 9.17) is 34.1 Å². The maximum absolute atomic E-state index is 11.2. The number of anilines is 2. The first-order chi connectivity index (χ1) is 15.4. The molecule has 2 aromatic rings. The fourth-order valence-electron chi connectivity index (χ4n) is 2.22. The van der Waals surface area contributed by atoms with Gasteiger partial charge in [0, 0.05) is 32.2 Å². The molecule has 1 aromatic carbocycles. The number of hydrogen-bond donors (Lipinski definition) is 6. The zero-order valence-corrected chi connectivity index (χ0v) is 18.6. The van der Waals surface area contributed by atoms with Crippen molar-refractivity contribution in [1.82, 2.24) is 10.2 Å². The maximum atomic E-state index is 11.2. The number of hydrogen-bond acceptors (Lipinski definition) is 10. The van der Waals surface area contributed by atoms with E-state index in [2.05, 4.69) is 25.6 Å². The van der Waals surface area contributed by atoms with E-state index in [9.17, 15) is 4.79 Å². The number of primary amides is 1. The van der Waals surface area contributed by atoms with Gasteiger partial charge >= 0.3 is 11.9 Å². The summed E-state index contributed by atoms with van der Waals surface area (Å²) in [4.78, 5) is 17.5. The minimum absolute atomic E-state index is 0.0721. The number of hydrazone groups is 1. The van der Waals surface area contributed by atoms with Gasteiger partial charge in [-0.25, -0.2) is 18.2 Å². The Labute approximate surface area is 189 Å². The average molecular weight is 484 g/mol. The summed E-state index contributed by atoms with van der Waals surface area (Å²) in [6, 6.07) is 6.53. The molecule has 1 aromatic heterocycles. The molecule has 0 unspecified atom stereocenters. The Hall–Kier alpha value is -3.86. The number of carbonyl (C=O) groups is 1. The summed E-state index contributed by atoms with van der Waals surface area (Å²) in [6.45, 7) is 0.213. The lowest BCUT2D eigenvalue weighted by Gasteiger charge is -2.15. The Kier molecular flexibility index (Phi) is 10.6. The number of aromatic amines is 1. The summed E-state index contributed by atoms with van der Waals surface area (Å²) in [5.74, 6) is 0.334. The minimum atomic E-state index is -4.92. The predicted octanol–water partition coefficient (Wildman–Crippen LogP) is -0.909. The molecule has 0 radical (unpaired) electrons. The lowest BCUT2D eigenvalue weighted by molar-refractivity contribution is -0.532. The van der Waals surface area contributed by atoms with Gasteiger partial charge in [0.25, 0.3) is 0 Å². The highest BCUT2D eigenvalue weighted by atomic mass is 32.3. The van der Waals surface area contributed by atoms with E-state index < -0.39 is 16.4 Å². The number of aromatic nitrogens is 2. The SMILES string of the molecule is CN(C)c1ccc(N=C2C=N[N+](CCO)=C2N)c(NC(N)=O)c1.O=S(=O)([O-])O.c1cn[nH]c1. The number of benzene rings is 1. The Morgan fingerprint density at radius 3 is 2.52 bits per heavy atom. The van der Waals surface area contributed by atoms with E-state index in [-0.39, 0.29) is 13.2 Å². The van der Waals surface area contributed by atoms with E-state index in [1.807, 2.05) is 31.1 Å². The quantitative estimate of drug-likeness (QED) is 0.175. The van der Waals surface area contributed by atoms with Crippen LogP contribution >= 0.6 is 0 Å². The van der Waals surface area contributed by atoms with Gasteiger partial charge in [-0.05, 0) is 24.3 Å². The van der Waals surface area contributed by atoms with E-state index in [1.165, 1.54) is 10.9 Å². The van der Waals surface area contributed by atoms with E-state index in [0.29, 0.717) is 22.9 Å². The number of nitrogens with two attached hydrogens (primary N) is 2. The van der Waals surface area contributed by atoms with Crippen molar-refractivity contribution in [3.8, 4) is 0 Å². The van der Waals surface area contributed by atoms with Crippen LogP contribution in [0.25, 0.3) is 0 Å². The van der Waals surface area contributed by atoms with E-state index in [1.54, 1.807) is 24.5 Å². The van der Waals surface area contributed by atoms with Crippen molar-refractivity contribution in [2.45, 2.75) is 0 Å². The van der Waals surface area contributed by atoms with Gasteiger partial charge in [0.2, 0.25) is 10.4 Å². The fraction of sp³-hybridized carbons (Fsp3) is 0.235. The predicted molar refractivity (Wildman–Crippen MR) is 122 cm³/mol. The first kappa shape index (κ1) is 27.2. The third-order valence-electron chi connectivity index (χ3n) is 3.57. The van der Waals surface area contributed by atoms with Crippen LogP contribution in [-0.2, 0) is 10.4 Å². The number of nitrogens with zero attached hydrogens (tertiary/aromatic N) is 5. The number of rotatable bonds is 5. The molecular formula is C17H25N9O6S. The molecule has 0 aliphatic carbocycles. The summed E-state index contributed by atoms with van der Waals surface area (Å²) < 4.78 is 34.3. The Morgan fingerprint density at radius 2 is 2.06 bits per heavy atom. The Balaban J connectivity index is 0.000000449. The summed E-state index contributed by atoms with van der Waals surface area (Å²) in [5.41, 5.74) is 13.5. The zero-order chi connectivity index (χ0) is 25.0. The van der Waals surface area contributed by atoms with Crippen LogP contribution in [0.15, 0.2) is 46.8 Å². The summed E-state index contributed by atoms with van der Waals surface area (Å²) in [7, 11) is -1.14. The molecular weight excluding hydrogens is 458 g/mol. The second-order valence-corrected chi connectivity index (χ2v) is 7.11. The average Bonchev–Trinajstić information content (AvgIpc) is 3.37. The molecule has 16 heteroatoms. The molecule has 180 valence electrons. The van der Waals surface area contributed by atoms with Crippen molar-refractivity contribution in [2.75, 3.05) is 37.5 Å². The number of nitrogens with one attached hydrogen (secondary N) is 2. The standard InChI is InChI=1S/C14H19N7O2.C3H4N2.H2O4S/c1-20(2)9-3-4-10(11(7-9)19-14(16)23)18-12-8-17-21(5-6-22)13(12)15;1-2-4-5-3-1;1-5(2,3)4/h3-4,7-8,22H,5-6H2,1-2H3,(H4,15,16,17,19,23);1-3H,(H,4,5);(H2,1,2,3,4). The van der Waals surface area contributed by atoms with Gasteiger partial charge in [0.15, 0.2) is 5.71 Å². The van der Waals surface area contributed by atoms with Crippen molar-refractivity contribution in [1.29, 1.82) is 0 Å². The van der Waals surface area contributed by atoms with Crippen LogP contribution in [0.5, 0.6) is 0 Å². The van der Waals surface area contributed by atoms with Gasteiger partial charge in [-0.15, -0.1) is 4.68 Å². The Morgan fingerprint density at radius 1 is 1.39 bits per heavy atom. The van der Waals surface area contributed by atoms with Gasteiger partial charge in [0.1, 0.15) is 12.8 Å². The molecule has 15 nitrogen and oxygen atoms in total. The van der Waals surface area contributed by atoms with Crippen LogP contribution < -0.4 is 21.7 Å². The van der Waals surface area contributed by atoms with Gasteiger partial charge in [0.05, 0.1) is 18.0 Å². The first-order valence-electron chi connectivity index (χ1n) is 9.06. The van der Waals surface area contributed by atoms with Crippen LogP contribution in [0, 0.1) is 0 Å².